The molecule has 6 heteroatoms. The van der Waals surface area contributed by atoms with E-state index in [-0.39, 0.29) is 22.9 Å². The van der Waals surface area contributed by atoms with E-state index in [9.17, 15) is 10.2 Å². The number of anilines is 2. The van der Waals surface area contributed by atoms with E-state index in [2.05, 4.69) is 72.8 Å². The summed E-state index contributed by atoms with van der Waals surface area (Å²) in [6.45, 7) is 0. The molecule has 0 saturated carbocycles. The van der Waals surface area contributed by atoms with Crippen LogP contribution in [0.1, 0.15) is 0 Å². The van der Waals surface area contributed by atoms with Gasteiger partial charge in [0, 0.05) is 12.1 Å². The molecule has 0 unspecified atom stereocenters. The number of phenolic OH excluding ortho intramolecular Hbond substituents is 2. The van der Waals surface area contributed by atoms with Gasteiger partial charge in [-0.05, 0) is 92.3 Å². The van der Waals surface area contributed by atoms with Crippen molar-refractivity contribution in [1.29, 1.82) is 0 Å². The second kappa shape index (κ2) is 10.9. The summed E-state index contributed by atoms with van der Waals surface area (Å²) < 4.78 is 12.0. The summed E-state index contributed by atoms with van der Waals surface area (Å²) in [6, 6.07) is 42.6. The van der Waals surface area contributed by atoms with E-state index in [1.165, 1.54) is 12.1 Å². The van der Waals surface area contributed by atoms with Gasteiger partial charge in [-0.1, -0.05) is 72.8 Å². The van der Waals surface area contributed by atoms with Gasteiger partial charge in [0.15, 0.2) is 0 Å². The minimum Gasteiger partial charge on any atom is -0.506 e. The van der Waals surface area contributed by atoms with Gasteiger partial charge in [-0.25, -0.2) is 0 Å². The second-order valence-corrected chi connectivity index (χ2v) is 10.5. The third kappa shape index (κ3) is 4.95. The van der Waals surface area contributed by atoms with Crippen LogP contribution in [0.3, 0.4) is 0 Å². The van der Waals surface area contributed by atoms with Crippen LogP contribution in [0.5, 0.6) is 34.5 Å². The van der Waals surface area contributed by atoms with E-state index in [0.717, 1.165) is 43.8 Å². The van der Waals surface area contributed by atoms with Gasteiger partial charge >= 0.3 is 0 Å². The van der Waals surface area contributed by atoms with Gasteiger partial charge in [0.2, 0.25) is 0 Å². The average Bonchev–Trinajstić information content (AvgIpc) is 3.04. The van der Waals surface area contributed by atoms with Crippen LogP contribution < -0.4 is 20.9 Å². The Bertz CT molecular complexity index is 1950. The number of hydrogen-bond acceptors (Lipinski definition) is 6. The lowest BCUT2D eigenvalue weighted by Gasteiger charge is -2.18. The third-order valence-electron chi connectivity index (χ3n) is 7.69. The number of fused-ring (bicyclic) bond motifs is 2. The van der Waals surface area contributed by atoms with Crippen molar-refractivity contribution < 1.29 is 19.7 Å². The summed E-state index contributed by atoms with van der Waals surface area (Å²) >= 11 is 0. The van der Waals surface area contributed by atoms with E-state index in [0.29, 0.717) is 23.0 Å². The molecule has 7 aromatic rings. The number of ether oxygens (including phenoxy) is 2. The van der Waals surface area contributed by atoms with E-state index in [1.807, 2.05) is 24.3 Å². The SMILES string of the molecule is Nc1cc(Oc2ccc(-c3c4ccccc4c(-c4ccc(Oc5ccc(O)c(N)c5)cc4)c4ccccc34)cc2)ccc1O. The van der Waals surface area contributed by atoms with Crippen LogP contribution >= 0.6 is 0 Å². The van der Waals surface area contributed by atoms with Crippen molar-refractivity contribution in [2.75, 3.05) is 11.5 Å². The minimum absolute atomic E-state index is 0.0267. The van der Waals surface area contributed by atoms with Gasteiger partial charge in [0.05, 0.1) is 11.4 Å². The molecule has 44 heavy (non-hydrogen) atoms. The molecule has 0 aliphatic carbocycles. The maximum absolute atomic E-state index is 9.72. The fourth-order valence-electron chi connectivity index (χ4n) is 5.59. The Morgan fingerprint density at radius 3 is 1.02 bits per heavy atom. The molecule has 0 aliphatic heterocycles. The lowest BCUT2D eigenvalue weighted by atomic mass is 9.86. The second-order valence-electron chi connectivity index (χ2n) is 10.5. The predicted molar refractivity (Wildman–Crippen MR) is 178 cm³/mol. The molecule has 0 heterocycles. The predicted octanol–water partition coefficient (Wildman–Crippen LogP) is 9.49. The molecule has 0 atom stereocenters. The molecule has 0 fully saturated rings. The largest absolute Gasteiger partial charge is 0.506 e. The molecule has 7 aromatic carbocycles. The van der Waals surface area contributed by atoms with Gasteiger partial charge in [-0.3, -0.25) is 0 Å². The molecular weight excluding hydrogens is 548 g/mol. The molecule has 0 spiro atoms. The van der Waals surface area contributed by atoms with Gasteiger partial charge in [-0.2, -0.15) is 0 Å². The van der Waals surface area contributed by atoms with Crippen molar-refractivity contribution in [3.05, 3.63) is 133 Å². The topological polar surface area (TPSA) is 111 Å². The molecule has 0 aliphatic rings. The van der Waals surface area contributed by atoms with Crippen LogP contribution in [0.25, 0.3) is 43.8 Å². The van der Waals surface area contributed by atoms with E-state index in [4.69, 9.17) is 20.9 Å². The Kier molecular flexibility index (Phi) is 6.64. The fraction of sp³-hybridized carbons (Fsp3) is 0. The van der Waals surface area contributed by atoms with Crippen molar-refractivity contribution in [2.45, 2.75) is 0 Å². The number of nitrogen functional groups attached to an aromatic ring is 2. The Morgan fingerprint density at radius 1 is 0.386 bits per heavy atom. The zero-order valence-electron chi connectivity index (χ0n) is 23.6. The Hall–Kier alpha value is -6.14. The molecule has 6 N–H and O–H groups in total. The summed E-state index contributed by atoms with van der Waals surface area (Å²) in [5.74, 6) is 2.49. The molecule has 0 aromatic heterocycles. The zero-order chi connectivity index (χ0) is 30.2. The Morgan fingerprint density at radius 2 is 0.705 bits per heavy atom. The summed E-state index contributed by atoms with van der Waals surface area (Å²) in [4.78, 5) is 0. The summed E-state index contributed by atoms with van der Waals surface area (Å²) in [5, 5.41) is 24.0. The minimum atomic E-state index is 0.0267. The average molecular weight is 577 g/mol. The van der Waals surface area contributed by atoms with Crippen molar-refractivity contribution in [2.24, 2.45) is 0 Å². The third-order valence-corrected chi connectivity index (χ3v) is 7.69. The number of benzene rings is 7. The molecule has 0 amide bonds. The number of rotatable bonds is 6. The number of nitrogens with two attached hydrogens (primary N) is 2. The number of hydrogen-bond donors (Lipinski definition) is 4. The normalized spacial score (nSPS) is 11.1. The first kappa shape index (κ1) is 26.7. The highest BCUT2D eigenvalue weighted by Crippen LogP contribution is 2.44. The van der Waals surface area contributed by atoms with Crippen LogP contribution in [0.15, 0.2) is 133 Å². The van der Waals surface area contributed by atoms with Gasteiger partial charge in [0.1, 0.15) is 34.5 Å². The van der Waals surface area contributed by atoms with Gasteiger partial charge < -0.3 is 31.2 Å². The zero-order valence-corrected chi connectivity index (χ0v) is 23.6. The maximum atomic E-state index is 9.72. The van der Waals surface area contributed by atoms with Crippen molar-refractivity contribution in [3.8, 4) is 56.8 Å². The van der Waals surface area contributed by atoms with Crippen LogP contribution in [0.4, 0.5) is 11.4 Å². The molecule has 6 nitrogen and oxygen atoms in total. The van der Waals surface area contributed by atoms with Crippen molar-refractivity contribution in [1.82, 2.24) is 0 Å². The summed E-state index contributed by atoms with van der Waals surface area (Å²) in [6.07, 6.45) is 0. The molecule has 0 bridgehead atoms. The molecule has 0 saturated heterocycles. The lowest BCUT2D eigenvalue weighted by molar-refractivity contribution is 0.467. The highest BCUT2D eigenvalue weighted by molar-refractivity contribution is 6.21. The Balaban J connectivity index is 1.29. The first-order valence-corrected chi connectivity index (χ1v) is 14.1. The first-order valence-electron chi connectivity index (χ1n) is 14.1. The highest BCUT2D eigenvalue weighted by Gasteiger charge is 2.17. The summed E-state index contributed by atoms with van der Waals surface area (Å²) in [7, 11) is 0. The monoisotopic (exact) mass is 576 g/mol. The Labute approximate surface area is 254 Å². The number of aromatic hydroxyl groups is 2. The van der Waals surface area contributed by atoms with E-state index < -0.39 is 0 Å². The van der Waals surface area contributed by atoms with Crippen LogP contribution in [-0.4, -0.2) is 10.2 Å². The fourth-order valence-corrected chi connectivity index (χ4v) is 5.59. The maximum Gasteiger partial charge on any atom is 0.138 e. The molecule has 214 valence electrons. The molecule has 7 rings (SSSR count). The van der Waals surface area contributed by atoms with E-state index in [1.54, 1.807) is 24.3 Å². The number of phenols is 2. The lowest BCUT2D eigenvalue weighted by Crippen LogP contribution is -1.92. The van der Waals surface area contributed by atoms with Gasteiger partial charge in [-0.15, -0.1) is 0 Å². The van der Waals surface area contributed by atoms with Crippen molar-refractivity contribution >= 4 is 32.9 Å². The molecule has 0 radical (unpaired) electrons. The van der Waals surface area contributed by atoms with Crippen LogP contribution in [-0.2, 0) is 0 Å². The quantitative estimate of drug-likeness (QED) is 0.0891. The van der Waals surface area contributed by atoms with E-state index >= 15 is 0 Å². The van der Waals surface area contributed by atoms with Crippen LogP contribution in [0, 0.1) is 0 Å². The standard InChI is InChI=1S/C38H28N2O4/c39-33-21-27(17-19-35(33)41)43-25-13-9-23(10-14-25)37-29-5-1-2-6-30(29)38(32-8-4-3-7-31(32)37)24-11-15-26(16-12-24)44-28-18-20-36(42)34(40)22-28/h1-22,41-42H,39-40H2. The highest BCUT2D eigenvalue weighted by atomic mass is 16.5. The van der Waals surface area contributed by atoms with Crippen molar-refractivity contribution in [3.63, 3.8) is 0 Å². The van der Waals surface area contributed by atoms with Crippen LogP contribution in [0.2, 0.25) is 0 Å². The van der Waals surface area contributed by atoms with Gasteiger partial charge in [0.25, 0.3) is 0 Å². The first-order chi connectivity index (χ1) is 21.4. The molecular formula is C38H28N2O4. The summed E-state index contributed by atoms with van der Waals surface area (Å²) in [5.41, 5.74) is 16.6. The smallest absolute Gasteiger partial charge is 0.138 e.